The van der Waals surface area contributed by atoms with Crippen molar-refractivity contribution in [3.63, 3.8) is 0 Å². The van der Waals surface area contributed by atoms with E-state index >= 15 is 0 Å². The maximum absolute atomic E-state index is 11.6. The summed E-state index contributed by atoms with van der Waals surface area (Å²) in [5.74, 6) is 0.221. The quantitative estimate of drug-likeness (QED) is 0.773. The van der Waals surface area contributed by atoms with Crippen molar-refractivity contribution in [3.8, 4) is 22.8 Å². The molecule has 0 saturated heterocycles. The second-order valence-corrected chi connectivity index (χ2v) is 5.54. The van der Waals surface area contributed by atoms with Crippen LogP contribution in [0.25, 0.3) is 22.4 Å². The lowest BCUT2D eigenvalue weighted by atomic mass is 10.0. The summed E-state index contributed by atoms with van der Waals surface area (Å²) in [6.07, 6.45) is 0.809. The van der Waals surface area contributed by atoms with Gasteiger partial charge >= 0.3 is 5.97 Å². The van der Waals surface area contributed by atoms with Crippen molar-refractivity contribution in [2.75, 3.05) is 13.2 Å². The molecule has 122 valence electrons. The fourth-order valence-corrected chi connectivity index (χ4v) is 2.75. The summed E-state index contributed by atoms with van der Waals surface area (Å²) in [5, 5.41) is 13.9. The smallest absolute Gasteiger partial charge is 0.336 e. The molecule has 4 rings (SSSR count). The number of carbonyl (C=O) groups is 1. The fraction of sp³-hybridized carbons (Fsp3) is 0.235. The fourth-order valence-electron chi connectivity index (χ4n) is 2.75. The van der Waals surface area contributed by atoms with Crippen LogP contribution in [0.3, 0.4) is 0 Å². The van der Waals surface area contributed by atoms with Gasteiger partial charge in [-0.05, 0) is 31.2 Å². The number of fused-ring (bicyclic) bond motifs is 2. The SMILES string of the molecule is Cc1cc(C(=O)O)c2c(-c3ccc4c(c3)OCCCO4)noc2n1. The van der Waals surface area contributed by atoms with Crippen LogP contribution in [0.4, 0.5) is 0 Å². The number of aryl methyl sites for hydroxylation is 1. The number of hydrogen-bond donors (Lipinski definition) is 1. The predicted octanol–water partition coefficient (Wildman–Crippen LogP) is 3.06. The van der Waals surface area contributed by atoms with Crippen LogP contribution < -0.4 is 9.47 Å². The van der Waals surface area contributed by atoms with Crippen molar-refractivity contribution < 1.29 is 23.9 Å². The van der Waals surface area contributed by atoms with Crippen LogP contribution in [-0.4, -0.2) is 34.4 Å². The highest BCUT2D eigenvalue weighted by molar-refractivity contribution is 6.06. The topological polar surface area (TPSA) is 94.7 Å². The third-order valence-corrected chi connectivity index (χ3v) is 3.83. The Kier molecular flexibility index (Phi) is 3.34. The number of nitrogens with zero attached hydrogens (tertiary/aromatic N) is 2. The number of ether oxygens (including phenoxy) is 2. The number of aromatic nitrogens is 2. The van der Waals surface area contributed by atoms with Crippen LogP contribution in [0.5, 0.6) is 11.5 Å². The van der Waals surface area contributed by atoms with Crippen LogP contribution in [0, 0.1) is 6.92 Å². The van der Waals surface area contributed by atoms with Crippen molar-refractivity contribution in [2.24, 2.45) is 0 Å². The monoisotopic (exact) mass is 326 g/mol. The number of carboxylic acid groups (broad SMARTS) is 1. The van der Waals surface area contributed by atoms with Gasteiger partial charge in [0.05, 0.1) is 24.2 Å². The highest BCUT2D eigenvalue weighted by Gasteiger charge is 2.21. The lowest BCUT2D eigenvalue weighted by Crippen LogP contribution is -2.00. The maximum Gasteiger partial charge on any atom is 0.336 e. The second kappa shape index (κ2) is 5.52. The van der Waals surface area contributed by atoms with Crippen LogP contribution in [0.2, 0.25) is 0 Å². The molecule has 7 nitrogen and oxygen atoms in total. The average molecular weight is 326 g/mol. The van der Waals surface area contributed by atoms with E-state index in [2.05, 4.69) is 10.1 Å². The van der Waals surface area contributed by atoms with Crippen molar-refractivity contribution in [3.05, 3.63) is 35.5 Å². The molecular weight excluding hydrogens is 312 g/mol. The van der Waals surface area contributed by atoms with Gasteiger partial charge in [0.2, 0.25) is 0 Å². The molecule has 0 bridgehead atoms. The molecule has 2 aromatic heterocycles. The Morgan fingerprint density at radius 1 is 1.17 bits per heavy atom. The highest BCUT2D eigenvalue weighted by atomic mass is 16.5. The molecule has 0 fully saturated rings. The Bertz CT molecular complexity index is 948. The van der Waals surface area contributed by atoms with Gasteiger partial charge in [-0.2, -0.15) is 0 Å². The van der Waals surface area contributed by atoms with Crippen LogP contribution in [0.15, 0.2) is 28.8 Å². The van der Waals surface area contributed by atoms with Crippen molar-refractivity contribution >= 4 is 17.1 Å². The molecule has 3 aromatic rings. The van der Waals surface area contributed by atoms with Crippen molar-refractivity contribution in [1.82, 2.24) is 10.1 Å². The van der Waals surface area contributed by atoms with E-state index in [0.29, 0.717) is 47.1 Å². The van der Waals surface area contributed by atoms with E-state index in [-0.39, 0.29) is 11.3 Å². The van der Waals surface area contributed by atoms with Gasteiger partial charge in [-0.25, -0.2) is 9.78 Å². The Morgan fingerprint density at radius 2 is 1.96 bits per heavy atom. The number of rotatable bonds is 2. The second-order valence-electron chi connectivity index (χ2n) is 5.54. The molecule has 1 aliphatic heterocycles. The zero-order chi connectivity index (χ0) is 16.7. The standard InChI is InChI=1S/C17H14N2O5/c1-9-7-11(17(20)21)14-15(19-24-16(14)18-9)10-3-4-12-13(8-10)23-6-2-5-22-12/h3-4,7-8H,2,5-6H2,1H3,(H,20,21). The summed E-state index contributed by atoms with van der Waals surface area (Å²) >= 11 is 0. The van der Waals surface area contributed by atoms with Crippen molar-refractivity contribution in [1.29, 1.82) is 0 Å². The largest absolute Gasteiger partial charge is 0.490 e. The van der Waals surface area contributed by atoms with E-state index < -0.39 is 5.97 Å². The minimum absolute atomic E-state index is 0.112. The van der Waals surface area contributed by atoms with Gasteiger partial charge in [0, 0.05) is 17.7 Å². The number of carboxylic acids is 1. The summed E-state index contributed by atoms with van der Waals surface area (Å²) in [4.78, 5) is 15.8. The summed E-state index contributed by atoms with van der Waals surface area (Å²) in [6.45, 7) is 2.88. The lowest BCUT2D eigenvalue weighted by molar-refractivity contribution is 0.0699. The number of benzene rings is 1. The van der Waals surface area contributed by atoms with E-state index in [9.17, 15) is 9.90 Å². The van der Waals surface area contributed by atoms with Gasteiger partial charge in [0.1, 0.15) is 5.69 Å². The van der Waals surface area contributed by atoms with E-state index in [1.807, 2.05) is 0 Å². The zero-order valence-corrected chi connectivity index (χ0v) is 12.9. The van der Waals surface area contributed by atoms with E-state index in [1.54, 1.807) is 25.1 Å². The predicted molar refractivity (Wildman–Crippen MR) is 84.5 cm³/mol. The third kappa shape index (κ3) is 2.34. The zero-order valence-electron chi connectivity index (χ0n) is 12.9. The van der Waals surface area contributed by atoms with E-state index in [4.69, 9.17) is 14.0 Å². The average Bonchev–Trinajstić information content (AvgIpc) is 2.83. The molecule has 0 aliphatic carbocycles. The maximum atomic E-state index is 11.6. The first kappa shape index (κ1) is 14.5. The summed E-state index contributed by atoms with van der Waals surface area (Å²) in [5.41, 5.74) is 1.98. The van der Waals surface area contributed by atoms with Gasteiger partial charge in [0.15, 0.2) is 11.5 Å². The highest BCUT2D eigenvalue weighted by Crippen LogP contribution is 2.37. The summed E-state index contributed by atoms with van der Waals surface area (Å²) in [7, 11) is 0. The van der Waals surface area contributed by atoms with E-state index in [1.165, 1.54) is 6.07 Å². The molecule has 1 N–H and O–H groups in total. The van der Waals surface area contributed by atoms with Crippen LogP contribution in [-0.2, 0) is 0 Å². The Labute approximate surface area is 136 Å². The molecule has 1 aromatic carbocycles. The Hall–Kier alpha value is -3.09. The van der Waals surface area contributed by atoms with Gasteiger partial charge in [-0.1, -0.05) is 5.16 Å². The molecule has 3 heterocycles. The van der Waals surface area contributed by atoms with Crippen LogP contribution in [0.1, 0.15) is 22.5 Å². The number of hydrogen-bond acceptors (Lipinski definition) is 6. The normalized spacial score (nSPS) is 13.7. The Morgan fingerprint density at radius 3 is 2.75 bits per heavy atom. The molecule has 0 radical (unpaired) electrons. The first-order chi connectivity index (χ1) is 11.6. The van der Waals surface area contributed by atoms with Gasteiger partial charge in [-0.15, -0.1) is 0 Å². The number of aromatic carboxylic acids is 1. The molecule has 0 amide bonds. The molecule has 0 atom stereocenters. The summed E-state index contributed by atoms with van der Waals surface area (Å²) < 4.78 is 16.5. The molecule has 7 heteroatoms. The van der Waals surface area contributed by atoms with Crippen LogP contribution >= 0.6 is 0 Å². The third-order valence-electron chi connectivity index (χ3n) is 3.83. The van der Waals surface area contributed by atoms with E-state index in [0.717, 1.165) is 6.42 Å². The number of pyridine rings is 1. The first-order valence-corrected chi connectivity index (χ1v) is 7.54. The van der Waals surface area contributed by atoms with Gasteiger partial charge in [-0.3, -0.25) is 0 Å². The van der Waals surface area contributed by atoms with Gasteiger partial charge in [0.25, 0.3) is 5.71 Å². The van der Waals surface area contributed by atoms with Gasteiger partial charge < -0.3 is 19.1 Å². The molecule has 1 aliphatic rings. The lowest BCUT2D eigenvalue weighted by Gasteiger charge is -2.08. The molecule has 0 unspecified atom stereocenters. The Balaban J connectivity index is 1.91. The minimum atomic E-state index is -1.05. The molecule has 24 heavy (non-hydrogen) atoms. The summed E-state index contributed by atoms with van der Waals surface area (Å²) in [6, 6.07) is 6.88. The minimum Gasteiger partial charge on any atom is -0.490 e. The first-order valence-electron chi connectivity index (χ1n) is 7.54. The molecular formula is C17H14N2O5. The molecule has 0 spiro atoms. The van der Waals surface area contributed by atoms with Crippen molar-refractivity contribution in [2.45, 2.75) is 13.3 Å². The molecule has 0 saturated carbocycles.